The third kappa shape index (κ3) is 4.03. The van der Waals surface area contributed by atoms with Crippen LogP contribution in [-0.2, 0) is 9.53 Å². The van der Waals surface area contributed by atoms with Gasteiger partial charge in [-0.15, -0.1) is 0 Å². The summed E-state index contributed by atoms with van der Waals surface area (Å²) in [7, 11) is 1.62. The van der Waals surface area contributed by atoms with Crippen molar-refractivity contribution >= 4 is 11.9 Å². The van der Waals surface area contributed by atoms with Crippen molar-refractivity contribution in [3.05, 3.63) is 54.4 Å². The van der Waals surface area contributed by atoms with Gasteiger partial charge in [-0.25, -0.2) is 4.79 Å². The minimum absolute atomic E-state index is 0.353. The van der Waals surface area contributed by atoms with E-state index in [9.17, 15) is 14.9 Å². The van der Waals surface area contributed by atoms with Crippen LogP contribution in [0, 0.1) is 11.3 Å². The molecule has 0 N–H and O–H groups in total. The van der Waals surface area contributed by atoms with Crippen LogP contribution in [0.2, 0.25) is 0 Å². The number of ether oxygens (including phenoxy) is 1. The number of hydrogen-bond acceptors (Lipinski definition) is 4. The van der Waals surface area contributed by atoms with Crippen LogP contribution in [0.5, 0.6) is 0 Å². The normalized spacial score (nSPS) is 15.6. The van der Waals surface area contributed by atoms with Gasteiger partial charge in [0.15, 0.2) is 6.61 Å². The number of hydrogen-bond donors (Lipinski definition) is 0. The van der Waals surface area contributed by atoms with Gasteiger partial charge in [-0.1, -0.05) is 25.3 Å². The first-order valence-corrected chi connectivity index (χ1v) is 9.14. The number of rotatable bonds is 5. The van der Waals surface area contributed by atoms with E-state index in [1.165, 1.54) is 4.90 Å². The molecular weight excluding hydrogens is 342 g/mol. The summed E-state index contributed by atoms with van der Waals surface area (Å²) in [6.45, 7) is -0.369. The SMILES string of the molecule is CN(C(=O)COC(=O)c1cccc(-n2cccc2)c1)C1(C#N)CCCCC1. The summed E-state index contributed by atoms with van der Waals surface area (Å²) < 4.78 is 7.10. The number of likely N-dealkylation sites (N-methyl/N-ethyl adjacent to an activating group) is 1. The van der Waals surface area contributed by atoms with E-state index in [0.717, 1.165) is 24.9 Å². The van der Waals surface area contributed by atoms with Gasteiger partial charge in [0, 0.05) is 25.1 Å². The minimum atomic E-state index is -0.782. The monoisotopic (exact) mass is 365 g/mol. The second kappa shape index (κ2) is 8.09. The Morgan fingerprint density at radius 1 is 1.19 bits per heavy atom. The lowest BCUT2D eigenvalue weighted by Gasteiger charge is -2.38. The molecule has 0 saturated heterocycles. The van der Waals surface area contributed by atoms with Crippen LogP contribution in [0.25, 0.3) is 5.69 Å². The number of amides is 1. The van der Waals surface area contributed by atoms with Gasteiger partial charge in [0.25, 0.3) is 5.91 Å². The van der Waals surface area contributed by atoms with Gasteiger partial charge in [0.1, 0.15) is 5.54 Å². The van der Waals surface area contributed by atoms with Gasteiger partial charge in [-0.2, -0.15) is 5.26 Å². The molecule has 140 valence electrons. The van der Waals surface area contributed by atoms with E-state index >= 15 is 0 Å². The molecule has 0 spiro atoms. The highest BCUT2D eigenvalue weighted by Crippen LogP contribution is 2.32. The van der Waals surface area contributed by atoms with Crippen molar-refractivity contribution in [3.8, 4) is 11.8 Å². The van der Waals surface area contributed by atoms with Crippen molar-refractivity contribution < 1.29 is 14.3 Å². The molecule has 6 heteroatoms. The standard InChI is InChI=1S/C21H23N3O3/c1-23(21(16-22)10-3-2-4-11-21)19(25)15-27-20(26)17-8-7-9-18(14-17)24-12-5-6-13-24/h5-9,12-14H,2-4,10-11,15H2,1H3. The zero-order chi connectivity index (χ0) is 19.3. The summed E-state index contributed by atoms with van der Waals surface area (Å²) >= 11 is 0. The summed E-state index contributed by atoms with van der Waals surface area (Å²) in [5.41, 5.74) is 0.434. The van der Waals surface area contributed by atoms with Crippen LogP contribution in [0.1, 0.15) is 42.5 Å². The van der Waals surface area contributed by atoms with Crippen LogP contribution in [-0.4, -0.2) is 40.5 Å². The molecular formula is C21H23N3O3. The summed E-state index contributed by atoms with van der Waals surface area (Å²) in [6, 6.07) is 13.1. The van der Waals surface area contributed by atoms with Gasteiger partial charge in [0.2, 0.25) is 0 Å². The Hall–Kier alpha value is -3.07. The molecule has 0 radical (unpaired) electrons. The van der Waals surface area contributed by atoms with Crippen molar-refractivity contribution in [1.82, 2.24) is 9.47 Å². The molecule has 27 heavy (non-hydrogen) atoms. The molecule has 1 amide bonds. The number of nitriles is 1. The zero-order valence-corrected chi connectivity index (χ0v) is 15.4. The summed E-state index contributed by atoms with van der Waals surface area (Å²) in [5, 5.41) is 9.58. The van der Waals surface area contributed by atoms with Gasteiger partial charge < -0.3 is 14.2 Å². The second-order valence-corrected chi connectivity index (χ2v) is 6.87. The molecule has 1 aliphatic rings. The number of nitrogens with zero attached hydrogens (tertiary/aromatic N) is 3. The van der Waals surface area contributed by atoms with Crippen LogP contribution in [0.3, 0.4) is 0 Å². The third-order valence-electron chi connectivity index (χ3n) is 5.22. The smallest absolute Gasteiger partial charge is 0.338 e. The van der Waals surface area contributed by atoms with E-state index in [2.05, 4.69) is 6.07 Å². The van der Waals surface area contributed by atoms with Gasteiger partial charge in [0.05, 0.1) is 11.6 Å². The Morgan fingerprint density at radius 2 is 1.89 bits per heavy atom. The number of benzene rings is 1. The maximum Gasteiger partial charge on any atom is 0.338 e. The average Bonchev–Trinajstić information content (AvgIpc) is 3.26. The van der Waals surface area contributed by atoms with Gasteiger partial charge >= 0.3 is 5.97 Å². The summed E-state index contributed by atoms with van der Waals surface area (Å²) in [6.07, 6.45) is 8.03. The maximum atomic E-state index is 12.5. The molecule has 0 unspecified atom stereocenters. The Bertz CT molecular complexity index is 846. The lowest BCUT2D eigenvalue weighted by molar-refractivity contribution is -0.138. The Labute approximate surface area is 159 Å². The minimum Gasteiger partial charge on any atom is -0.452 e. The number of carbonyl (C=O) groups is 2. The molecule has 1 fully saturated rings. The zero-order valence-electron chi connectivity index (χ0n) is 15.4. The topological polar surface area (TPSA) is 75.3 Å². The fourth-order valence-electron chi connectivity index (χ4n) is 3.51. The molecule has 6 nitrogen and oxygen atoms in total. The fraction of sp³-hybridized carbons (Fsp3) is 0.381. The summed E-state index contributed by atoms with van der Waals surface area (Å²) in [5.74, 6) is -0.909. The first kappa shape index (κ1) is 18.7. The number of carbonyl (C=O) groups excluding carboxylic acids is 2. The van der Waals surface area contributed by atoms with E-state index < -0.39 is 11.5 Å². The van der Waals surface area contributed by atoms with Crippen LogP contribution >= 0.6 is 0 Å². The largest absolute Gasteiger partial charge is 0.452 e. The Balaban J connectivity index is 1.63. The van der Waals surface area contributed by atoms with Gasteiger partial charge in [-0.3, -0.25) is 4.79 Å². The van der Waals surface area contributed by atoms with E-state index in [0.29, 0.717) is 18.4 Å². The third-order valence-corrected chi connectivity index (χ3v) is 5.22. The molecule has 1 aromatic heterocycles. The fourth-order valence-corrected chi connectivity index (χ4v) is 3.51. The molecule has 1 saturated carbocycles. The van der Waals surface area contributed by atoms with Crippen LogP contribution in [0.15, 0.2) is 48.8 Å². The number of aromatic nitrogens is 1. The molecule has 1 aliphatic carbocycles. The molecule has 1 heterocycles. The van der Waals surface area contributed by atoms with Crippen molar-refractivity contribution in [2.24, 2.45) is 0 Å². The highest BCUT2D eigenvalue weighted by Gasteiger charge is 2.39. The van der Waals surface area contributed by atoms with E-state index in [-0.39, 0.29) is 12.5 Å². The van der Waals surface area contributed by atoms with E-state index in [4.69, 9.17) is 4.74 Å². The average molecular weight is 365 g/mol. The lowest BCUT2D eigenvalue weighted by atomic mass is 9.81. The van der Waals surface area contributed by atoms with E-state index in [1.54, 1.807) is 25.2 Å². The molecule has 0 atom stereocenters. The predicted octanol–water partition coefficient (Wildman–Crippen LogP) is 3.32. The Morgan fingerprint density at radius 3 is 2.56 bits per heavy atom. The van der Waals surface area contributed by atoms with Crippen LogP contribution < -0.4 is 0 Å². The predicted molar refractivity (Wildman–Crippen MR) is 100 cm³/mol. The second-order valence-electron chi connectivity index (χ2n) is 6.87. The van der Waals surface area contributed by atoms with Crippen LogP contribution in [0.4, 0.5) is 0 Å². The molecule has 0 aliphatic heterocycles. The number of esters is 1. The van der Waals surface area contributed by atoms with Crippen molar-refractivity contribution in [2.75, 3.05) is 13.7 Å². The lowest BCUT2D eigenvalue weighted by Crippen LogP contribution is -2.51. The molecule has 3 rings (SSSR count). The van der Waals surface area contributed by atoms with Crippen molar-refractivity contribution in [3.63, 3.8) is 0 Å². The first-order chi connectivity index (χ1) is 13.1. The van der Waals surface area contributed by atoms with Gasteiger partial charge in [-0.05, 0) is 43.2 Å². The van der Waals surface area contributed by atoms with Crippen molar-refractivity contribution in [2.45, 2.75) is 37.6 Å². The highest BCUT2D eigenvalue weighted by molar-refractivity contribution is 5.92. The summed E-state index contributed by atoms with van der Waals surface area (Å²) in [4.78, 5) is 26.3. The van der Waals surface area contributed by atoms with Crippen molar-refractivity contribution in [1.29, 1.82) is 5.26 Å². The van der Waals surface area contributed by atoms with E-state index in [1.807, 2.05) is 35.2 Å². The maximum absolute atomic E-state index is 12.5. The molecule has 0 bridgehead atoms. The quantitative estimate of drug-likeness (QED) is 0.762. The Kier molecular flexibility index (Phi) is 5.60. The highest BCUT2D eigenvalue weighted by atomic mass is 16.5. The molecule has 1 aromatic carbocycles. The molecule has 2 aromatic rings. The first-order valence-electron chi connectivity index (χ1n) is 9.14.